The van der Waals surface area contributed by atoms with Gasteiger partial charge in [-0.15, -0.1) is 0 Å². The van der Waals surface area contributed by atoms with Gasteiger partial charge in [-0.25, -0.2) is 15.0 Å². The summed E-state index contributed by atoms with van der Waals surface area (Å²) in [5, 5.41) is 3.01. The van der Waals surface area contributed by atoms with Crippen molar-refractivity contribution in [3.63, 3.8) is 0 Å². The van der Waals surface area contributed by atoms with Gasteiger partial charge in [0.25, 0.3) is 12.2 Å². The van der Waals surface area contributed by atoms with E-state index in [-0.39, 0.29) is 40.8 Å². The molecule has 0 bridgehead atoms. The van der Waals surface area contributed by atoms with E-state index in [4.69, 9.17) is 29.4 Å². The third kappa shape index (κ3) is 6.25. The molecule has 0 radical (unpaired) electrons. The summed E-state index contributed by atoms with van der Waals surface area (Å²) in [6, 6.07) is 23.6. The standard InChI is InChI=1S/C41H35N7O7/c1-41(2)54-34-27(51-39(35(34)55-41)48-22-47-31-36(42)45-21-46-37(31)48)14-9-17-44-38(50)30-29(23-10-5-3-6-11-23)26(32(49)24-15-18-43-19-16-24)20-28-33(30)53-40(52-28)25-12-7-4-8-13-25/h3-16,18-22,27,34-35,39-40H,17H2,1-2H3,(H,44,50)(H2,42,45,46)/t27-,34-,35-,39-,40?/m1/s1. The smallest absolute Gasteiger partial charge is 0.268 e. The first-order valence-electron chi connectivity index (χ1n) is 17.7. The van der Waals surface area contributed by atoms with Crippen molar-refractivity contribution in [2.24, 2.45) is 0 Å². The van der Waals surface area contributed by atoms with Crippen LogP contribution in [-0.2, 0) is 14.2 Å². The molecule has 14 heteroatoms. The zero-order valence-electron chi connectivity index (χ0n) is 29.7. The largest absolute Gasteiger partial charge is 0.447 e. The number of carbonyl (C=O) groups excluding carboxylic acids is 2. The van der Waals surface area contributed by atoms with Crippen LogP contribution in [0.25, 0.3) is 22.3 Å². The van der Waals surface area contributed by atoms with E-state index in [1.54, 1.807) is 47.6 Å². The van der Waals surface area contributed by atoms with Crippen LogP contribution < -0.4 is 20.5 Å². The van der Waals surface area contributed by atoms with Gasteiger partial charge in [0.15, 0.2) is 40.8 Å². The van der Waals surface area contributed by atoms with Crippen molar-refractivity contribution in [1.29, 1.82) is 0 Å². The van der Waals surface area contributed by atoms with Gasteiger partial charge in [-0.05, 0) is 37.6 Å². The number of hydrogen-bond donors (Lipinski definition) is 2. The Hall–Kier alpha value is -6.48. The van der Waals surface area contributed by atoms with Crippen molar-refractivity contribution in [3.8, 4) is 22.6 Å². The van der Waals surface area contributed by atoms with Gasteiger partial charge < -0.3 is 34.7 Å². The number of ether oxygens (including phenoxy) is 5. The van der Waals surface area contributed by atoms with Crippen LogP contribution in [0.15, 0.2) is 116 Å². The molecule has 0 spiro atoms. The normalized spacial score (nSPS) is 22.3. The number of fused-ring (bicyclic) bond motifs is 3. The lowest BCUT2D eigenvalue weighted by Crippen LogP contribution is -2.29. The van der Waals surface area contributed by atoms with Gasteiger partial charge in [-0.3, -0.25) is 19.1 Å². The highest BCUT2D eigenvalue weighted by atomic mass is 16.8. The summed E-state index contributed by atoms with van der Waals surface area (Å²) in [5.41, 5.74) is 9.71. The number of rotatable bonds is 9. The van der Waals surface area contributed by atoms with Gasteiger partial charge >= 0.3 is 0 Å². The molecule has 1 unspecified atom stereocenters. The van der Waals surface area contributed by atoms with E-state index >= 15 is 0 Å². The molecule has 3 aromatic carbocycles. The zero-order valence-corrected chi connectivity index (χ0v) is 29.7. The minimum Gasteiger partial charge on any atom is -0.447 e. The highest BCUT2D eigenvalue weighted by molar-refractivity contribution is 6.17. The second-order valence-electron chi connectivity index (χ2n) is 13.7. The maximum atomic E-state index is 14.5. The number of carbonyl (C=O) groups is 2. The van der Waals surface area contributed by atoms with Gasteiger partial charge in [-0.2, -0.15) is 0 Å². The molecule has 6 heterocycles. The van der Waals surface area contributed by atoms with Crippen LogP contribution in [0.1, 0.15) is 58.2 Å². The number of benzene rings is 3. The molecule has 0 aliphatic carbocycles. The molecule has 3 aliphatic heterocycles. The van der Waals surface area contributed by atoms with Crippen LogP contribution in [-0.4, -0.2) is 66.8 Å². The summed E-state index contributed by atoms with van der Waals surface area (Å²) in [6.07, 6.45) is 6.77. The fraction of sp³-hybridized carbons (Fsp3) is 0.220. The van der Waals surface area contributed by atoms with Crippen LogP contribution in [0.3, 0.4) is 0 Å². The van der Waals surface area contributed by atoms with Crippen molar-refractivity contribution < 1.29 is 33.3 Å². The highest BCUT2D eigenvalue weighted by Gasteiger charge is 2.55. The Morgan fingerprint density at radius 3 is 2.45 bits per heavy atom. The van der Waals surface area contributed by atoms with Crippen LogP contribution in [0.4, 0.5) is 5.82 Å². The number of amides is 1. The van der Waals surface area contributed by atoms with E-state index < -0.39 is 42.5 Å². The molecular weight excluding hydrogens is 702 g/mol. The maximum Gasteiger partial charge on any atom is 0.268 e. The first-order valence-corrected chi connectivity index (χ1v) is 17.7. The van der Waals surface area contributed by atoms with Crippen LogP contribution in [0, 0.1) is 0 Å². The molecule has 14 nitrogen and oxygen atoms in total. The molecule has 2 saturated heterocycles. The molecule has 3 aliphatic rings. The Labute approximate surface area is 314 Å². The molecule has 2 fully saturated rings. The number of pyridine rings is 1. The average Bonchev–Trinajstić information content (AvgIpc) is 3.98. The molecule has 1 amide bonds. The fourth-order valence-electron chi connectivity index (χ4n) is 7.28. The fourth-order valence-corrected chi connectivity index (χ4v) is 7.28. The predicted molar refractivity (Wildman–Crippen MR) is 199 cm³/mol. The van der Waals surface area contributed by atoms with Crippen molar-refractivity contribution >= 4 is 28.7 Å². The van der Waals surface area contributed by atoms with E-state index in [1.165, 1.54) is 6.33 Å². The first-order chi connectivity index (χ1) is 26.8. The van der Waals surface area contributed by atoms with Gasteiger partial charge in [-0.1, -0.05) is 72.8 Å². The molecule has 0 saturated carbocycles. The van der Waals surface area contributed by atoms with Crippen molar-refractivity contribution in [2.45, 2.75) is 50.5 Å². The Morgan fingerprint density at radius 1 is 0.927 bits per heavy atom. The van der Waals surface area contributed by atoms with Gasteiger partial charge in [0.05, 0.1) is 11.9 Å². The highest BCUT2D eigenvalue weighted by Crippen LogP contribution is 2.49. The van der Waals surface area contributed by atoms with Crippen LogP contribution >= 0.6 is 0 Å². The summed E-state index contributed by atoms with van der Waals surface area (Å²) in [5.74, 6) is -0.851. The van der Waals surface area contributed by atoms with E-state index in [1.807, 2.05) is 80.6 Å². The second-order valence-corrected chi connectivity index (χ2v) is 13.7. The number of nitrogens with zero attached hydrogens (tertiary/aromatic N) is 5. The lowest BCUT2D eigenvalue weighted by Gasteiger charge is -2.24. The third-order valence-corrected chi connectivity index (χ3v) is 9.69. The van der Waals surface area contributed by atoms with E-state index in [2.05, 4.69) is 25.3 Å². The lowest BCUT2D eigenvalue weighted by atomic mass is 9.89. The monoisotopic (exact) mass is 737 g/mol. The van der Waals surface area contributed by atoms with E-state index in [0.29, 0.717) is 27.9 Å². The molecular formula is C41H35N7O7. The number of imidazole rings is 1. The van der Waals surface area contributed by atoms with Crippen molar-refractivity contribution in [2.75, 3.05) is 12.3 Å². The van der Waals surface area contributed by atoms with Crippen LogP contribution in [0.2, 0.25) is 0 Å². The maximum absolute atomic E-state index is 14.5. The summed E-state index contributed by atoms with van der Waals surface area (Å²) in [7, 11) is 0. The third-order valence-electron chi connectivity index (χ3n) is 9.69. The molecule has 276 valence electrons. The Morgan fingerprint density at radius 2 is 1.67 bits per heavy atom. The molecule has 5 atom stereocenters. The van der Waals surface area contributed by atoms with Gasteiger partial charge in [0.1, 0.15) is 30.2 Å². The number of anilines is 1. The predicted octanol–water partition coefficient (Wildman–Crippen LogP) is 5.58. The van der Waals surface area contributed by atoms with Gasteiger partial charge in [0.2, 0.25) is 0 Å². The summed E-state index contributed by atoms with van der Waals surface area (Å²) < 4.78 is 33.5. The lowest BCUT2D eigenvalue weighted by molar-refractivity contribution is -0.191. The number of aromatic nitrogens is 5. The molecule has 9 rings (SSSR count). The second kappa shape index (κ2) is 13.7. The van der Waals surface area contributed by atoms with Crippen molar-refractivity contribution in [1.82, 2.24) is 29.8 Å². The number of hydrogen-bond acceptors (Lipinski definition) is 12. The number of nitrogen functional groups attached to an aromatic ring is 1. The summed E-state index contributed by atoms with van der Waals surface area (Å²) >= 11 is 0. The van der Waals surface area contributed by atoms with E-state index in [0.717, 1.165) is 5.56 Å². The number of nitrogens with one attached hydrogen (secondary N) is 1. The van der Waals surface area contributed by atoms with Crippen LogP contribution in [0.5, 0.6) is 11.5 Å². The average molecular weight is 738 g/mol. The molecule has 6 aromatic rings. The SMILES string of the molecule is CC1(C)O[C@@H]2[C@H](O1)[C@@H](C=CCNC(=O)c1c3c(cc(C(=O)c4ccncc4)c1-c1ccccc1)OC(c1ccccc1)O3)O[C@H]2n1cnc2c(N)ncnc21. The van der Waals surface area contributed by atoms with E-state index in [9.17, 15) is 9.59 Å². The Balaban J connectivity index is 1.03. The first kappa shape index (κ1) is 34.3. The zero-order chi connectivity index (χ0) is 37.7. The minimum atomic E-state index is -0.866. The summed E-state index contributed by atoms with van der Waals surface area (Å²) in [6.45, 7) is 3.80. The minimum absolute atomic E-state index is 0.108. The molecule has 3 N–H and O–H groups in total. The Kier molecular flexibility index (Phi) is 8.57. The molecule has 3 aromatic heterocycles. The quantitative estimate of drug-likeness (QED) is 0.140. The number of nitrogens with two attached hydrogens (primary N) is 1. The topological polar surface area (TPSA) is 175 Å². The Bertz CT molecular complexity index is 2440. The summed E-state index contributed by atoms with van der Waals surface area (Å²) in [4.78, 5) is 45.5. The van der Waals surface area contributed by atoms with Crippen molar-refractivity contribution in [3.05, 3.63) is 138 Å². The molecule has 55 heavy (non-hydrogen) atoms. The number of ketones is 1. The van der Waals surface area contributed by atoms with Gasteiger partial charge in [0, 0.05) is 41.2 Å².